The minimum atomic E-state index is 0.209. The summed E-state index contributed by atoms with van der Waals surface area (Å²) in [6.45, 7) is 4.48. The summed E-state index contributed by atoms with van der Waals surface area (Å²) >= 11 is 0. The van der Waals surface area contributed by atoms with Crippen LogP contribution < -0.4 is 15.2 Å². The third-order valence-electron chi connectivity index (χ3n) is 4.35. The van der Waals surface area contributed by atoms with E-state index in [4.69, 9.17) is 15.2 Å². The Morgan fingerprint density at radius 3 is 2.52 bits per heavy atom. The number of hydrogen-bond acceptors (Lipinski definition) is 5. The lowest BCUT2D eigenvalue weighted by atomic mass is 9.97. The van der Waals surface area contributed by atoms with Crippen LogP contribution in [0.15, 0.2) is 48.5 Å². The van der Waals surface area contributed by atoms with Gasteiger partial charge < -0.3 is 15.2 Å². The molecule has 5 heteroatoms. The van der Waals surface area contributed by atoms with Crippen molar-refractivity contribution >= 4 is 5.82 Å². The monoisotopic (exact) mass is 359 g/mol. The Morgan fingerprint density at radius 1 is 1.07 bits per heavy atom. The maximum absolute atomic E-state index is 9.62. The summed E-state index contributed by atoms with van der Waals surface area (Å²) in [5.74, 6) is 1.47. The Bertz CT molecular complexity index is 1020. The highest BCUT2D eigenvalue weighted by Crippen LogP contribution is 2.37. The molecule has 0 unspecified atom stereocenters. The molecule has 5 nitrogen and oxygen atoms in total. The molecule has 0 radical (unpaired) electrons. The maximum atomic E-state index is 9.62. The first kappa shape index (κ1) is 18.3. The molecule has 3 rings (SSSR count). The second-order valence-corrected chi connectivity index (χ2v) is 6.04. The standard InChI is InChI=1S/C22H21N3O2/c1-4-27-20-10-9-15(11-21(20)26-3)17-12-19(25-22(24)18(17)13-23)16-8-6-5-7-14(16)2/h5-12H,4H2,1-3H3,(H2,24,25). The molecule has 1 aromatic heterocycles. The fourth-order valence-corrected chi connectivity index (χ4v) is 3.02. The molecule has 0 aliphatic carbocycles. The van der Waals surface area contributed by atoms with Crippen molar-refractivity contribution in [2.75, 3.05) is 19.5 Å². The highest BCUT2D eigenvalue weighted by Gasteiger charge is 2.16. The lowest BCUT2D eigenvalue weighted by Crippen LogP contribution is -2.01. The summed E-state index contributed by atoms with van der Waals surface area (Å²) in [5.41, 5.74) is 10.8. The molecular weight excluding hydrogens is 338 g/mol. The van der Waals surface area contributed by atoms with Gasteiger partial charge in [-0.15, -0.1) is 0 Å². The van der Waals surface area contributed by atoms with E-state index in [0.29, 0.717) is 29.2 Å². The lowest BCUT2D eigenvalue weighted by Gasteiger charge is -2.14. The number of nitrogens with two attached hydrogens (primary N) is 1. The fourth-order valence-electron chi connectivity index (χ4n) is 3.02. The molecule has 1 heterocycles. The second kappa shape index (κ2) is 7.79. The van der Waals surface area contributed by atoms with Crippen LogP contribution in [-0.4, -0.2) is 18.7 Å². The summed E-state index contributed by atoms with van der Waals surface area (Å²) in [4.78, 5) is 4.45. The largest absolute Gasteiger partial charge is 0.493 e. The average molecular weight is 359 g/mol. The van der Waals surface area contributed by atoms with Gasteiger partial charge in [-0.25, -0.2) is 4.98 Å². The minimum Gasteiger partial charge on any atom is -0.493 e. The Morgan fingerprint density at radius 2 is 1.85 bits per heavy atom. The number of anilines is 1. The number of pyridine rings is 1. The molecule has 0 atom stereocenters. The molecule has 0 aliphatic heterocycles. The quantitative estimate of drug-likeness (QED) is 0.721. The van der Waals surface area contributed by atoms with E-state index in [2.05, 4.69) is 11.1 Å². The van der Waals surface area contributed by atoms with Crippen LogP contribution in [0.5, 0.6) is 11.5 Å². The molecule has 0 saturated carbocycles. The average Bonchev–Trinajstić information content (AvgIpc) is 2.68. The number of ether oxygens (including phenoxy) is 2. The highest BCUT2D eigenvalue weighted by molar-refractivity contribution is 5.81. The Labute approximate surface area is 159 Å². The van der Waals surface area contributed by atoms with E-state index in [9.17, 15) is 5.26 Å². The number of aromatic nitrogens is 1. The highest BCUT2D eigenvalue weighted by atomic mass is 16.5. The second-order valence-electron chi connectivity index (χ2n) is 6.04. The van der Waals surface area contributed by atoms with Gasteiger partial charge in [-0.05, 0) is 43.2 Å². The number of hydrogen-bond donors (Lipinski definition) is 1. The number of aryl methyl sites for hydroxylation is 1. The molecule has 0 saturated heterocycles. The van der Waals surface area contributed by atoms with Crippen molar-refractivity contribution in [2.45, 2.75) is 13.8 Å². The van der Waals surface area contributed by atoms with E-state index >= 15 is 0 Å². The molecule has 0 bridgehead atoms. The number of benzene rings is 2. The van der Waals surface area contributed by atoms with Crippen molar-refractivity contribution in [2.24, 2.45) is 0 Å². The minimum absolute atomic E-state index is 0.209. The first-order valence-electron chi connectivity index (χ1n) is 8.66. The first-order valence-corrected chi connectivity index (χ1v) is 8.66. The third-order valence-corrected chi connectivity index (χ3v) is 4.35. The smallest absolute Gasteiger partial charge is 0.161 e. The van der Waals surface area contributed by atoms with Gasteiger partial charge in [-0.1, -0.05) is 30.3 Å². The first-order chi connectivity index (χ1) is 13.1. The van der Waals surface area contributed by atoms with Crippen molar-refractivity contribution in [3.8, 4) is 40.0 Å². The van der Waals surface area contributed by atoms with Gasteiger partial charge in [-0.3, -0.25) is 0 Å². The van der Waals surface area contributed by atoms with Crippen molar-refractivity contribution < 1.29 is 9.47 Å². The summed E-state index contributed by atoms with van der Waals surface area (Å²) in [7, 11) is 1.59. The molecule has 136 valence electrons. The Balaban J connectivity index is 2.20. The zero-order chi connectivity index (χ0) is 19.4. The van der Waals surface area contributed by atoms with E-state index < -0.39 is 0 Å². The maximum Gasteiger partial charge on any atom is 0.161 e. The predicted octanol–water partition coefficient (Wildman–Crippen LogP) is 4.59. The lowest BCUT2D eigenvalue weighted by molar-refractivity contribution is 0.311. The van der Waals surface area contributed by atoms with Gasteiger partial charge in [0, 0.05) is 11.1 Å². The van der Waals surface area contributed by atoms with Crippen molar-refractivity contribution in [3.05, 3.63) is 59.7 Å². The van der Waals surface area contributed by atoms with Crippen molar-refractivity contribution in [3.63, 3.8) is 0 Å². The summed E-state index contributed by atoms with van der Waals surface area (Å²) in [5, 5.41) is 9.62. The van der Waals surface area contributed by atoms with E-state index in [0.717, 1.165) is 22.4 Å². The topological polar surface area (TPSA) is 81.2 Å². The van der Waals surface area contributed by atoms with Gasteiger partial charge in [0.15, 0.2) is 11.5 Å². The third kappa shape index (κ3) is 3.56. The van der Waals surface area contributed by atoms with Gasteiger partial charge in [0.1, 0.15) is 17.5 Å². The number of rotatable bonds is 5. The molecule has 2 N–H and O–H groups in total. The van der Waals surface area contributed by atoms with Crippen LogP contribution in [0.4, 0.5) is 5.82 Å². The van der Waals surface area contributed by atoms with Gasteiger partial charge in [0.05, 0.1) is 19.4 Å². The van der Waals surface area contributed by atoms with Crippen LogP contribution in [0.1, 0.15) is 18.1 Å². The van der Waals surface area contributed by atoms with Crippen LogP contribution in [0.2, 0.25) is 0 Å². The summed E-state index contributed by atoms with van der Waals surface area (Å²) < 4.78 is 11.0. The summed E-state index contributed by atoms with van der Waals surface area (Å²) in [6.07, 6.45) is 0. The van der Waals surface area contributed by atoms with Crippen LogP contribution in [0.3, 0.4) is 0 Å². The number of nitrogens with zero attached hydrogens (tertiary/aromatic N) is 2. The molecular formula is C22H21N3O2. The van der Waals surface area contributed by atoms with Crippen molar-refractivity contribution in [1.82, 2.24) is 4.98 Å². The van der Waals surface area contributed by atoms with Gasteiger partial charge >= 0.3 is 0 Å². The normalized spacial score (nSPS) is 10.3. The van der Waals surface area contributed by atoms with Gasteiger partial charge in [0.25, 0.3) is 0 Å². The van der Waals surface area contributed by atoms with Crippen LogP contribution in [0.25, 0.3) is 22.4 Å². The predicted molar refractivity (Wildman–Crippen MR) is 107 cm³/mol. The number of nitriles is 1. The fraction of sp³-hybridized carbons (Fsp3) is 0.182. The SMILES string of the molecule is CCOc1ccc(-c2cc(-c3ccccc3C)nc(N)c2C#N)cc1OC. The molecule has 3 aromatic rings. The Kier molecular flexibility index (Phi) is 5.28. The molecule has 0 amide bonds. The molecule has 0 fully saturated rings. The van der Waals surface area contributed by atoms with Crippen LogP contribution in [-0.2, 0) is 0 Å². The Hall–Kier alpha value is -3.52. The van der Waals surface area contributed by atoms with Crippen LogP contribution in [0, 0.1) is 18.3 Å². The number of nitrogen functional groups attached to an aromatic ring is 1. The van der Waals surface area contributed by atoms with Crippen LogP contribution >= 0.6 is 0 Å². The number of methoxy groups -OCH3 is 1. The molecule has 2 aromatic carbocycles. The molecule has 27 heavy (non-hydrogen) atoms. The van der Waals surface area contributed by atoms with Gasteiger partial charge in [-0.2, -0.15) is 5.26 Å². The van der Waals surface area contributed by atoms with E-state index in [1.54, 1.807) is 7.11 Å². The zero-order valence-corrected chi connectivity index (χ0v) is 15.6. The van der Waals surface area contributed by atoms with Crippen molar-refractivity contribution in [1.29, 1.82) is 5.26 Å². The molecule has 0 aliphatic rings. The summed E-state index contributed by atoms with van der Waals surface area (Å²) in [6, 6.07) is 17.6. The zero-order valence-electron chi connectivity index (χ0n) is 15.6. The van der Waals surface area contributed by atoms with Gasteiger partial charge in [0.2, 0.25) is 0 Å². The molecule has 0 spiro atoms. The van der Waals surface area contributed by atoms with E-state index in [-0.39, 0.29) is 5.82 Å². The van der Waals surface area contributed by atoms with E-state index in [1.165, 1.54) is 0 Å². The van der Waals surface area contributed by atoms with E-state index in [1.807, 2.05) is 62.4 Å².